The fourth-order valence-corrected chi connectivity index (χ4v) is 5.87. The van der Waals surface area contributed by atoms with Crippen molar-refractivity contribution in [3.05, 3.63) is 120 Å². The van der Waals surface area contributed by atoms with Gasteiger partial charge in [0.1, 0.15) is 16.7 Å². The average Bonchev–Trinajstić information content (AvgIpc) is 3.50. The van der Waals surface area contributed by atoms with Crippen LogP contribution in [0.15, 0.2) is 113 Å². The van der Waals surface area contributed by atoms with Crippen LogP contribution in [0.3, 0.4) is 0 Å². The van der Waals surface area contributed by atoms with Crippen LogP contribution in [-0.4, -0.2) is 30.5 Å². The SMILES string of the molecule is CCOc1ccc(-c2csc(NC(=O)C(Sc3ccc(NC(=O)c4ccc(OC)cc4)cc3)c3ccccc3)n2)cc1. The Morgan fingerprint density at radius 2 is 1.55 bits per heavy atom. The van der Waals surface area contributed by atoms with Crippen molar-refractivity contribution in [3.63, 3.8) is 0 Å². The van der Waals surface area contributed by atoms with Crippen molar-refractivity contribution in [2.24, 2.45) is 0 Å². The summed E-state index contributed by atoms with van der Waals surface area (Å²) in [4.78, 5) is 31.7. The summed E-state index contributed by atoms with van der Waals surface area (Å²) >= 11 is 2.81. The molecular formula is C33H29N3O4S2. The third-order valence-electron chi connectivity index (χ3n) is 6.25. The molecule has 0 spiro atoms. The van der Waals surface area contributed by atoms with Gasteiger partial charge in [0.2, 0.25) is 5.91 Å². The van der Waals surface area contributed by atoms with E-state index in [4.69, 9.17) is 9.47 Å². The molecule has 2 N–H and O–H groups in total. The third kappa shape index (κ3) is 7.37. The molecule has 42 heavy (non-hydrogen) atoms. The van der Waals surface area contributed by atoms with E-state index in [1.54, 1.807) is 31.4 Å². The standard InChI is InChI=1S/C33H29N3O4S2/c1-3-40-27-17-9-22(10-18-27)29-21-41-33(35-29)36-32(38)30(23-7-5-4-6-8-23)42-28-19-13-25(14-20-28)34-31(37)24-11-15-26(39-2)16-12-24/h4-21,30H,3H2,1-2H3,(H,34,37)(H,35,36,38). The first-order chi connectivity index (χ1) is 20.5. The fourth-order valence-electron chi connectivity index (χ4n) is 4.12. The molecule has 5 aromatic rings. The van der Waals surface area contributed by atoms with Crippen LogP contribution < -0.4 is 20.1 Å². The minimum atomic E-state index is -0.510. The Morgan fingerprint density at radius 1 is 0.857 bits per heavy atom. The van der Waals surface area contributed by atoms with Gasteiger partial charge in [-0.25, -0.2) is 4.98 Å². The predicted molar refractivity (Wildman–Crippen MR) is 170 cm³/mol. The zero-order chi connectivity index (χ0) is 29.3. The largest absolute Gasteiger partial charge is 0.497 e. The highest BCUT2D eigenvalue weighted by Crippen LogP contribution is 2.37. The average molecular weight is 596 g/mol. The number of thiazole rings is 1. The molecule has 0 aliphatic carbocycles. The Balaban J connectivity index is 1.26. The van der Waals surface area contributed by atoms with Crippen molar-refractivity contribution in [3.8, 4) is 22.8 Å². The lowest BCUT2D eigenvalue weighted by Crippen LogP contribution is -2.19. The number of amides is 2. The van der Waals surface area contributed by atoms with Crippen LogP contribution >= 0.6 is 23.1 Å². The molecule has 0 radical (unpaired) electrons. The Bertz CT molecular complexity index is 1620. The van der Waals surface area contributed by atoms with Crippen molar-refractivity contribution < 1.29 is 19.1 Å². The molecule has 9 heteroatoms. The number of anilines is 2. The van der Waals surface area contributed by atoms with Gasteiger partial charge in [-0.2, -0.15) is 0 Å². The van der Waals surface area contributed by atoms with Crippen LogP contribution in [-0.2, 0) is 4.79 Å². The van der Waals surface area contributed by atoms with E-state index in [1.807, 2.05) is 91.2 Å². The first-order valence-corrected chi connectivity index (χ1v) is 15.0. The number of nitrogens with zero attached hydrogens (tertiary/aromatic N) is 1. The molecule has 0 bridgehead atoms. The summed E-state index contributed by atoms with van der Waals surface area (Å²) in [5.41, 5.74) is 3.80. The van der Waals surface area contributed by atoms with Crippen LogP contribution in [0, 0.1) is 0 Å². The van der Waals surface area contributed by atoms with Gasteiger partial charge in [-0.1, -0.05) is 30.3 Å². The van der Waals surface area contributed by atoms with E-state index in [0.717, 1.165) is 27.5 Å². The predicted octanol–water partition coefficient (Wildman–Crippen LogP) is 7.94. The number of carbonyl (C=O) groups excluding carboxylic acids is 2. The lowest BCUT2D eigenvalue weighted by molar-refractivity contribution is -0.115. The van der Waals surface area contributed by atoms with E-state index in [2.05, 4.69) is 15.6 Å². The molecule has 7 nitrogen and oxygen atoms in total. The number of benzene rings is 4. The van der Waals surface area contributed by atoms with E-state index < -0.39 is 5.25 Å². The summed E-state index contributed by atoms with van der Waals surface area (Å²) in [6.45, 7) is 2.56. The molecule has 1 atom stereocenters. The number of hydrogen-bond acceptors (Lipinski definition) is 7. The molecule has 0 fully saturated rings. The lowest BCUT2D eigenvalue weighted by Gasteiger charge is -2.16. The first kappa shape index (κ1) is 28.9. The lowest BCUT2D eigenvalue weighted by atomic mass is 10.1. The van der Waals surface area contributed by atoms with E-state index in [9.17, 15) is 9.59 Å². The summed E-state index contributed by atoms with van der Waals surface area (Å²) in [7, 11) is 1.58. The molecule has 0 saturated carbocycles. The second-order valence-corrected chi connectivity index (χ2v) is 11.1. The Morgan fingerprint density at radius 3 is 2.21 bits per heavy atom. The number of thioether (sulfide) groups is 1. The summed E-state index contributed by atoms with van der Waals surface area (Å²) in [6.07, 6.45) is 0. The first-order valence-electron chi connectivity index (χ1n) is 13.3. The van der Waals surface area contributed by atoms with Gasteiger partial charge in [0.05, 0.1) is 19.4 Å². The molecule has 1 unspecified atom stereocenters. The highest BCUT2D eigenvalue weighted by atomic mass is 32.2. The highest BCUT2D eigenvalue weighted by Gasteiger charge is 2.23. The van der Waals surface area contributed by atoms with E-state index >= 15 is 0 Å². The molecule has 1 heterocycles. The summed E-state index contributed by atoms with van der Waals surface area (Å²) in [5.74, 6) is 1.11. The molecule has 2 amide bonds. The van der Waals surface area contributed by atoms with E-state index in [1.165, 1.54) is 23.1 Å². The zero-order valence-electron chi connectivity index (χ0n) is 23.1. The van der Waals surface area contributed by atoms with Crippen LogP contribution in [0.2, 0.25) is 0 Å². The van der Waals surface area contributed by atoms with Crippen molar-refractivity contribution in [2.45, 2.75) is 17.1 Å². The molecular weight excluding hydrogens is 567 g/mol. The molecule has 0 saturated heterocycles. The van der Waals surface area contributed by atoms with Gasteiger partial charge in [0.15, 0.2) is 5.13 Å². The number of nitrogens with one attached hydrogen (secondary N) is 2. The molecule has 212 valence electrons. The molecule has 5 rings (SSSR count). The maximum Gasteiger partial charge on any atom is 0.255 e. The highest BCUT2D eigenvalue weighted by molar-refractivity contribution is 8.00. The summed E-state index contributed by atoms with van der Waals surface area (Å²) in [5, 5.41) is 7.85. The molecule has 0 aliphatic rings. The van der Waals surface area contributed by atoms with Crippen LogP contribution in [0.5, 0.6) is 11.5 Å². The normalized spacial score (nSPS) is 11.4. The smallest absolute Gasteiger partial charge is 0.255 e. The third-order valence-corrected chi connectivity index (χ3v) is 8.28. The van der Waals surface area contributed by atoms with Gasteiger partial charge in [-0.15, -0.1) is 23.1 Å². The monoisotopic (exact) mass is 595 g/mol. The van der Waals surface area contributed by atoms with Crippen molar-refractivity contribution in [1.82, 2.24) is 4.98 Å². The van der Waals surface area contributed by atoms with Crippen LogP contribution in [0.1, 0.15) is 28.1 Å². The number of aromatic nitrogens is 1. The summed E-state index contributed by atoms with van der Waals surface area (Å²) in [6, 6.07) is 31.7. The number of carbonyl (C=O) groups is 2. The number of methoxy groups -OCH3 is 1. The Labute approximate surface area is 252 Å². The van der Waals surface area contributed by atoms with Gasteiger partial charge >= 0.3 is 0 Å². The van der Waals surface area contributed by atoms with Gasteiger partial charge in [0.25, 0.3) is 5.91 Å². The summed E-state index contributed by atoms with van der Waals surface area (Å²) < 4.78 is 10.7. The minimum Gasteiger partial charge on any atom is -0.497 e. The maximum atomic E-state index is 13.5. The zero-order valence-corrected chi connectivity index (χ0v) is 24.7. The Kier molecular flexibility index (Phi) is 9.53. The second kappa shape index (κ2) is 13.8. The fraction of sp³-hybridized carbons (Fsp3) is 0.121. The number of ether oxygens (including phenoxy) is 2. The van der Waals surface area contributed by atoms with Crippen molar-refractivity contribution in [2.75, 3.05) is 24.4 Å². The van der Waals surface area contributed by atoms with E-state index in [0.29, 0.717) is 28.7 Å². The number of hydrogen-bond donors (Lipinski definition) is 2. The Hall–Kier alpha value is -4.60. The minimum absolute atomic E-state index is 0.171. The maximum absolute atomic E-state index is 13.5. The molecule has 4 aromatic carbocycles. The second-order valence-electron chi connectivity index (χ2n) is 9.10. The van der Waals surface area contributed by atoms with Gasteiger partial charge in [0, 0.05) is 27.1 Å². The van der Waals surface area contributed by atoms with E-state index in [-0.39, 0.29) is 11.8 Å². The van der Waals surface area contributed by atoms with Gasteiger partial charge in [-0.05, 0) is 85.3 Å². The van der Waals surface area contributed by atoms with Crippen molar-refractivity contribution >= 4 is 45.7 Å². The number of rotatable bonds is 11. The van der Waals surface area contributed by atoms with Crippen LogP contribution in [0.4, 0.5) is 10.8 Å². The molecule has 0 aliphatic heterocycles. The quantitative estimate of drug-likeness (QED) is 0.151. The van der Waals surface area contributed by atoms with Crippen LogP contribution in [0.25, 0.3) is 11.3 Å². The van der Waals surface area contributed by atoms with Crippen molar-refractivity contribution in [1.29, 1.82) is 0 Å². The molecule has 1 aromatic heterocycles. The topological polar surface area (TPSA) is 89.6 Å². The van der Waals surface area contributed by atoms with Gasteiger partial charge < -0.3 is 20.1 Å². The van der Waals surface area contributed by atoms with Gasteiger partial charge in [-0.3, -0.25) is 9.59 Å².